The first-order valence-electron chi connectivity index (χ1n) is 5.39. The molecule has 0 aliphatic carbocycles. The van der Waals surface area contributed by atoms with E-state index in [0.717, 1.165) is 5.56 Å². The number of non-ortho nitro benzene ring substituents is 1. The third-order valence-corrected chi connectivity index (χ3v) is 2.34. The summed E-state index contributed by atoms with van der Waals surface area (Å²) in [5.74, 6) is 0.696. The van der Waals surface area contributed by atoms with Crippen LogP contribution >= 0.6 is 0 Å². The number of nitrogens with zero attached hydrogens (tertiary/aromatic N) is 3. The number of benzene rings is 1. The Bertz CT molecular complexity index is 579. The molecule has 7 nitrogen and oxygen atoms in total. The van der Waals surface area contributed by atoms with Crippen molar-refractivity contribution in [2.24, 2.45) is 5.73 Å². The second-order valence-electron chi connectivity index (χ2n) is 3.85. The Morgan fingerprint density at radius 3 is 2.83 bits per heavy atom. The van der Waals surface area contributed by atoms with Crippen molar-refractivity contribution >= 4 is 5.69 Å². The van der Waals surface area contributed by atoms with Crippen molar-refractivity contribution < 1.29 is 9.34 Å². The lowest BCUT2D eigenvalue weighted by molar-refractivity contribution is -0.384. The molecule has 0 atom stereocenters. The maximum absolute atomic E-state index is 10.8. The highest BCUT2D eigenvalue weighted by atomic mass is 16.6. The van der Waals surface area contributed by atoms with Crippen LogP contribution in [0.4, 0.5) is 5.69 Å². The number of nitro benzene ring substituents is 1. The lowest BCUT2D eigenvalue weighted by Crippen LogP contribution is -2.02. The van der Waals surface area contributed by atoms with Gasteiger partial charge in [0.2, 0.25) is 11.8 Å². The lowest BCUT2D eigenvalue weighted by atomic mass is 10.1. The number of hydrogen-bond acceptors (Lipinski definition) is 6. The zero-order valence-electron chi connectivity index (χ0n) is 9.79. The Morgan fingerprint density at radius 2 is 2.17 bits per heavy atom. The van der Waals surface area contributed by atoms with Gasteiger partial charge in [0.1, 0.15) is 0 Å². The van der Waals surface area contributed by atoms with Crippen LogP contribution in [0.3, 0.4) is 0 Å². The van der Waals surface area contributed by atoms with Gasteiger partial charge in [-0.05, 0) is 18.6 Å². The van der Waals surface area contributed by atoms with Crippen LogP contribution in [0.15, 0.2) is 22.6 Å². The third-order valence-electron chi connectivity index (χ3n) is 2.34. The lowest BCUT2D eigenvalue weighted by Gasteiger charge is -1.98. The van der Waals surface area contributed by atoms with E-state index in [-0.39, 0.29) is 11.6 Å². The summed E-state index contributed by atoms with van der Waals surface area (Å²) in [6, 6.07) is 4.65. The molecule has 1 aromatic heterocycles. The molecule has 0 spiro atoms. The van der Waals surface area contributed by atoms with Gasteiger partial charge in [-0.15, -0.1) is 10.2 Å². The molecule has 0 radical (unpaired) electrons. The van der Waals surface area contributed by atoms with Crippen LogP contribution in [0.5, 0.6) is 0 Å². The molecule has 0 saturated carbocycles. The van der Waals surface area contributed by atoms with Crippen LogP contribution in [0.2, 0.25) is 0 Å². The van der Waals surface area contributed by atoms with E-state index in [4.69, 9.17) is 10.2 Å². The van der Waals surface area contributed by atoms with E-state index < -0.39 is 4.92 Å². The molecule has 0 bridgehead atoms. The number of nitro groups is 1. The van der Waals surface area contributed by atoms with Crippen molar-refractivity contribution in [2.75, 3.05) is 6.54 Å². The van der Waals surface area contributed by atoms with E-state index in [1.807, 2.05) is 0 Å². The van der Waals surface area contributed by atoms with Gasteiger partial charge in [-0.2, -0.15) is 0 Å². The summed E-state index contributed by atoms with van der Waals surface area (Å²) in [6.07, 6.45) is 0.487. The number of rotatable bonds is 4. The largest absolute Gasteiger partial charge is 0.421 e. The van der Waals surface area contributed by atoms with Gasteiger partial charge < -0.3 is 10.2 Å². The smallest absolute Gasteiger partial charge is 0.270 e. The SMILES string of the molecule is Cc1cc(-c2nnc(CCN)o2)cc([N+](=O)[O-])c1. The molecule has 0 fully saturated rings. The van der Waals surface area contributed by atoms with E-state index in [1.54, 1.807) is 13.0 Å². The molecule has 7 heteroatoms. The summed E-state index contributed by atoms with van der Waals surface area (Å²) in [6.45, 7) is 2.18. The first-order valence-corrected chi connectivity index (χ1v) is 5.39. The third kappa shape index (κ3) is 2.51. The first-order chi connectivity index (χ1) is 8.60. The highest BCUT2D eigenvalue weighted by Gasteiger charge is 2.13. The van der Waals surface area contributed by atoms with Crippen LogP contribution in [-0.2, 0) is 6.42 Å². The molecule has 1 aromatic carbocycles. The summed E-state index contributed by atoms with van der Waals surface area (Å²) >= 11 is 0. The summed E-state index contributed by atoms with van der Waals surface area (Å²) in [5.41, 5.74) is 6.68. The quantitative estimate of drug-likeness (QED) is 0.648. The van der Waals surface area contributed by atoms with Crippen molar-refractivity contribution in [3.8, 4) is 11.5 Å². The van der Waals surface area contributed by atoms with Gasteiger partial charge in [-0.25, -0.2) is 0 Å². The van der Waals surface area contributed by atoms with Crippen molar-refractivity contribution in [1.29, 1.82) is 0 Å². The minimum absolute atomic E-state index is 0.00331. The maximum atomic E-state index is 10.8. The van der Waals surface area contributed by atoms with Gasteiger partial charge >= 0.3 is 0 Å². The molecule has 2 N–H and O–H groups in total. The van der Waals surface area contributed by atoms with Gasteiger partial charge in [0.05, 0.1) is 4.92 Å². The Hall–Kier alpha value is -2.28. The van der Waals surface area contributed by atoms with Gasteiger partial charge in [-0.1, -0.05) is 0 Å². The van der Waals surface area contributed by atoms with Crippen LogP contribution in [-0.4, -0.2) is 21.7 Å². The summed E-state index contributed by atoms with van der Waals surface area (Å²) in [4.78, 5) is 10.3. The van der Waals surface area contributed by atoms with Gasteiger partial charge in [0.15, 0.2) is 0 Å². The Kier molecular flexibility index (Phi) is 3.33. The van der Waals surface area contributed by atoms with E-state index in [9.17, 15) is 10.1 Å². The fourth-order valence-electron chi connectivity index (χ4n) is 1.59. The zero-order valence-corrected chi connectivity index (χ0v) is 9.79. The van der Waals surface area contributed by atoms with Crippen molar-refractivity contribution in [3.05, 3.63) is 39.8 Å². The summed E-state index contributed by atoms with van der Waals surface area (Å²) in [7, 11) is 0. The van der Waals surface area contributed by atoms with Crippen molar-refractivity contribution in [2.45, 2.75) is 13.3 Å². The maximum Gasteiger partial charge on any atom is 0.270 e. The second kappa shape index (κ2) is 4.92. The second-order valence-corrected chi connectivity index (χ2v) is 3.85. The van der Waals surface area contributed by atoms with Gasteiger partial charge in [0, 0.05) is 30.7 Å². The molecule has 0 amide bonds. The zero-order chi connectivity index (χ0) is 13.1. The molecule has 94 valence electrons. The van der Waals surface area contributed by atoms with Gasteiger partial charge in [-0.3, -0.25) is 10.1 Å². The normalized spacial score (nSPS) is 10.6. The standard InChI is InChI=1S/C11H12N4O3/c1-7-4-8(6-9(5-7)15(16)17)11-14-13-10(18-11)2-3-12/h4-6H,2-3,12H2,1H3. The molecule has 2 rings (SSSR count). The van der Waals surface area contributed by atoms with Gasteiger partial charge in [0.25, 0.3) is 5.69 Å². The number of aromatic nitrogens is 2. The van der Waals surface area contributed by atoms with E-state index >= 15 is 0 Å². The molecule has 0 unspecified atom stereocenters. The minimum Gasteiger partial charge on any atom is -0.421 e. The number of nitrogens with two attached hydrogens (primary N) is 1. The van der Waals surface area contributed by atoms with E-state index in [1.165, 1.54) is 12.1 Å². The topological polar surface area (TPSA) is 108 Å². The minimum atomic E-state index is -0.451. The van der Waals surface area contributed by atoms with Crippen molar-refractivity contribution in [1.82, 2.24) is 10.2 Å². The summed E-state index contributed by atoms with van der Waals surface area (Å²) < 4.78 is 5.38. The molecule has 0 aliphatic rings. The van der Waals surface area contributed by atoms with E-state index in [0.29, 0.717) is 24.4 Å². The Balaban J connectivity index is 2.39. The molecular formula is C11H12N4O3. The molecule has 0 saturated heterocycles. The molecule has 18 heavy (non-hydrogen) atoms. The average Bonchev–Trinajstić information content (AvgIpc) is 2.77. The molecule has 0 aliphatic heterocycles. The molecule has 2 aromatic rings. The van der Waals surface area contributed by atoms with Crippen LogP contribution in [0.1, 0.15) is 11.5 Å². The van der Waals surface area contributed by atoms with E-state index in [2.05, 4.69) is 10.2 Å². The monoisotopic (exact) mass is 248 g/mol. The fraction of sp³-hybridized carbons (Fsp3) is 0.273. The number of aryl methyl sites for hydroxylation is 1. The van der Waals surface area contributed by atoms with Crippen LogP contribution in [0, 0.1) is 17.0 Å². The first kappa shape index (κ1) is 12.2. The molecule has 1 heterocycles. The predicted molar refractivity (Wildman–Crippen MR) is 63.9 cm³/mol. The van der Waals surface area contributed by atoms with Crippen LogP contribution < -0.4 is 5.73 Å². The highest BCUT2D eigenvalue weighted by Crippen LogP contribution is 2.24. The van der Waals surface area contributed by atoms with Crippen LogP contribution in [0.25, 0.3) is 11.5 Å². The Morgan fingerprint density at radius 1 is 1.39 bits per heavy atom. The summed E-state index contributed by atoms with van der Waals surface area (Å²) in [5, 5.41) is 18.4. The predicted octanol–water partition coefficient (Wildman–Crippen LogP) is 1.45. The Labute approximate surface area is 103 Å². The number of hydrogen-bond donors (Lipinski definition) is 1. The highest BCUT2D eigenvalue weighted by molar-refractivity contribution is 5.59. The fourth-order valence-corrected chi connectivity index (χ4v) is 1.59. The molecular weight excluding hydrogens is 236 g/mol. The van der Waals surface area contributed by atoms with Crippen molar-refractivity contribution in [3.63, 3.8) is 0 Å². The average molecular weight is 248 g/mol.